The third-order valence-corrected chi connectivity index (χ3v) is 7.48. The summed E-state index contributed by atoms with van der Waals surface area (Å²) in [6, 6.07) is 19.5. The molecule has 0 radical (unpaired) electrons. The van der Waals surface area contributed by atoms with Crippen LogP contribution in [-0.2, 0) is 11.3 Å². The van der Waals surface area contributed by atoms with Gasteiger partial charge in [0.1, 0.15) is 10.3 Å². The highest BCUT2D eigenvalue weighted by atomic mass is 79.9. The Hall–Kier alpha value is -3.69. The predicted molar refractivity (Wildman–Crippen MR) is 137 cm³/mol. The number of hydrogen-bond acceptors (Lipinski definition) is 5. The maximum absolute atomic E-state index is 14.4. The summed E-state index contributed by atoms with van der Waals surface area (Å²) < 4.78 is 16.6. The van der Waals surface area contributed by atoms with Crippen molar-refractivity contribution in [2.75, 3.05) is 4.90 Å². The van der Waals surface area contributed by atoms with Crippen molar-refractivity contribution >= 4 is 49.4 Å². The van der Waals surface area contributed by atoms with Gasteiger partial charge in [-0.05, 0) is 31.2 Å². The summed E-state index contributed by atoms with van der Waals surface area (Å²) in [5.74, 6) is -0.298. The molecule has 0 N–H and O–H groups in total. The molecule has 1 amide bonds. The summed E-state index contributed by atoms with van der Waals surface area (Å²) in [5.41, 5.74) is 3.42. The Kier molecular flexibility index (Phi) is 5.12. The number of fused-ring (bicyclic) bond motifs is 2. The van der Waals surface area contributed by atoms with E-state index in [0.717, 1.165) is 26.9 Å². The van der Waals surface area contributed by atoms with E-state index in [0.29, 0.717) is 27.6 Å². The average molecular weight is 547 g/mol. The van der Waals surface area contributed by atoms with Gasteiger partial charge in [0.2, 0.25) is 4.96 Å². The van der Waals surface area contributed by atoms with Crippen molar-refractivity contribution < 1.29 is 9.18 Å². The lowest BCUT2D eigenvalue weighted by Gasteiger charge is -2.17. The molecule has 0 saturated heterocycles. The number of carbonyl (C=O) groups is 1. The highest BCUT2D eigenvalue weighted by Crippen LogP contribution is 2.38. The fourth-order valence-electron chi connectivity index (χ4n) is 4.19. The van der Waals surface area contributed by atoms with E-state index < -0.39 is 5.56 Å². The number of aromatic nitrogens is 3. The van der Waals surface area contributed by atoms with Gasteiger partial charge in [-0.15, -0.1) is 5.10 Å². The normalized spacial score (nSPS) is 14.7. The molecule has 0 fully saturated rings. The maximum atomic E-state index is 14.4. The molecule has 0 spiro atoms. The molecule has 0 unspecified atom stereocenters. The summed E-state index contributed by atoms with van der Waals surface area (Å²) >= 11 is 4.59. The smallest absolute Gasteiger partial charge is 0.291 e. The van der Waals surface area contributed by atoms with Gasteiger partial charge in [0.05, 0.1) is 17.8 Å². The predicted octanol–water partition coefficient (Wildman–Crippen LogP) is 4.49. The maximum Gasteiger partial charge on any atom is 0.291 e. The number of benzene rings is 3. The third-order valence-electron chi connectivity index (χ3n) is 5.96. The van der Waals surface area contributed by atoms with Crippen LogP contribution in [-0.4, -0.2) is 20.5 Å². The summed E-state index contributed by atoms with van der Waals surface area (Å²) in [6.07, 6.45) is 0. The first-order valence-electron chi connectivity index (χ1n) is 10.8. The Morgan fingerprint density at radius 3 is 2.54 bits per heavy atom. The van der Waals surface area contributed by atoms with Crippen LogP contribution in [0.2, 0.25) is 0 Å². The van der Waals surface area contributed by atoms with E-state index in [1.165, 1.54) is 15.5 Å². The van der Waals surface area contributed by atoms with Crippen molar-refractivity contribution in [2.45, 2.75) is 13.5 Å². The van der Waals surface area contributed by atoms with Crippen molar-refractivity contribution in [3.8, 4) is 11.4 Å². The minimum Gasteiger partial charge on any atom is -0.303 e. The third kappa shape index (κ3) is 3.59. The number of hydrogen-bond donors (Lipinski definition) is 0. The molecule has 0 bridgehead atoms. The van der Waals surface area contributed by atoms with Gasteiger partial charge in [-0.1, -0.05) is 75.3 Å². The lowest BCUT2D eigenvalue weighted by atomic mass is 10.1. The SMILES string of the molecule is Cc1ccc(-c2nc3s/c(=C4\C(=O)N(Cc5ccccc5F)c5ccc(Br)cc54)c(=O)n3n2)cc1. The largest absolute Gasteiger partial charge is 0.303 e. The number of carbonyl (C=O) groups excluding carboxylic acids is 1. The van der Waals surface area contributed by atoms with Crippen LogP contribution in [0.15, 0.2) is 76.0 Å². The number of halogens is 2. The van der Waals surface area contributed by atoms with E-state index in [9.17, 15) is 14.0 Å². The molecule has 0 atom stereocenters. The molecule has 6 rings (SSSR count). The van der Waals surface area contributed by atoms with Crippen LogP contribution in [0.5, 0.6) is 0 Å². The zero-order chi connectivity index (χ0) is 24.3. The van der Waals surface area contributed by atoms with Gasteiger partial charge in [0.15, 0.2) is 5.82 Å². The zero-order valence-electron chi connectivity index (χ0n) is 18.3. The summed E-state index contributed by atoms with van der Waals surface area (Å²) in [7, 11) is 0. The van der Waals surface area contributed by atoms with Crippen molar-refractivity contribution in [3.63, 3.8) is 0 Å². The van der Waals surface area contributed by atoms with Gasteiger partial charge in [-0.2, -0.15) is 9.50 Å². The van der Waals surface area contributed by atoms with Gasteiger partial charge in [-0.3, -0.25) is 9.59 Å². The van der Waals surface area contributed by atoms with Crippen LogP contribution in [0.25, 0.3) is 21.9 Å². The molecule has 35 heavy (non-hydrogen) atoms. The average Bonchev–Trinajstić information content (AvgIpc) is 3.47. The highest BCUT2D eigenvalue weighted by Gasteiger charge is 2.35. The van der Waals surface area contributed by atoms with Crippen molar-refractivity contribution in [1.82, 2.24) is 14.6 Å². The number of thiazole rings is 1. The fraction of sp³-hybridized carbons (Fsp3) is 0.0769. The van der Waals surface area contributed by atoms with Crippen molar-refractivity contribution in [2.24, 2.45) is 0 Å². The van der Waals surface area contributed by atoms with Crippen LogP contribution < -0.4 is 15.0 Å². The van der Waals surface area contributed by atoms with E-state index >= 15 is 0 Å². The minimum absolute atomic E-state index is 0.0517. The van der Waals surface area contributed by atoms with E-state index in [-0.39, 0.29) is 28.4 Å². The number of rotatable bonds is 3. The standard InChI is InChI=1S/C26H16BrFN4O2S/c1-14-6-8-15(9-7-14)23-29-26-32(30-23)25(34)22(35-26)21-18-12-17(27)10-11-20(18)31(24(21)33)13-16-4-2-3-5-19(16)28/h2-12H,13H2,1H3/b22-21-. The lowest BCUT2D eigenvalue weighted by Crippen LogP contribution is -2.32. The topological polar surface area (TPSA) is 67.6 Å². The molecule has 3 aromatic carbocycles. The van der Waals surface area contributed by atoms with Gasteiger partial charge < -0.3 is 4.90 Å². The monoisotopic (exact) mass is 546 g/mol. The molecular formula is C26H16BrFN4O2S. The van der Waals surface area contributed by atoms with Gasteiger partial charge >= 0.3 is 0 Å². The first-order valence-corrected chi connectivity index (χ1v) is 12.4. The second kappa shape index (κ2) is 8.21. The first-order chi connectivity index (χ1) is 16.9. The molecule has 2 aromatic heterocycles. The van der Waals surface area contributed by atoms with Crippen LogP contribution >= 0.6 is 27.3 Å². The quantitative estimate of drug-likeness (QED) is 0.334. The van der Waals surface area contributed by atoms with E-state index in [1.807, 2.05) is 37.3 Å². The lowest BCUT2D eigenvalue weighted by molar-refractivity contribution is -0.113. The Balaban J connectivity index is 1.52. The minimum atomic E-state index is -0.405. The number of amides is 1. The van der Waals surface area contributed by atoms with E-state index in [2.05, 4.69) is 26.0 Å². The highest BCUT2D eigenvalue weighted by molar-refractivity contribution is 9.10. The Morgan fingerprint density at radius 1 is 1.03 bits per heavy atom. The second-order valence-electron chi connectivity index (χ2n) is 8.25. The number of anilines is 1. The molecule has 172 valence electrons. The van der Waals surface area contributed by atoms with Crippen molar-refractivity contribution in [1.29, 1.82) is 0 Å². The Labute approximate surface area is 211 Å². The molecule has 3 heterocycles. The van der Waals surface area contributed by atoms with Gasteiger partial charge in [-0.25, -0.2) is 4.39 Å². The molecular weight excluding hydrogens is 531 g/mol. The fourth-order valence-corrected chi connectivity index (χ4v) is 5.55. The van der Waals surface area contributed by atoms with Crippen molar-refractivity contribution in [3.05, 3.63) is 109 Å². The number of aryl methyl sites for hydroxylation is 1. The van der Waals surface area contributed by atoms with Gasteiger partial charge in [0, 0.05) is 21.2 Å². The zero-order valence-corrected chi connectivity index (χ0v) is 20.7. The Morgan fingerprint density at radius 2 is 1.80 bits per heavy atom. The molecule has 0 saturated carbocycles. The Bertz CT molecular complexity index is 1760. The van der Waals surface area contributed by atoms with E-state index in [1.54, 1.807) is 30.3 Å². The summed E-state index contributed by atoms with van der Waals surface area (Å²) in [5, 5.41) is 4.41. The van der Waals surface area contributed by atoms with Crippen LogP contribution in [0.3, 0.4) is 0 Å². The number of nitrogens with zero attached hydrogens (tertiary/aromatic N) is 4. The van der Waals surface area contributed by atoms with Gasteiger partial charge in [0.25, 0.3) is 11.5 Å². The molecule has 0 aliphatic carbocycles. The van der Waals surface area contributed by atoms with Crippen LogP contribution in [0.4, 0.5) is 10.1 Å². The molecule has 6 nitrogen and oxygen atoms in total. The molecule has 5 aromatic rings. The summed E-state index contributed by atoms with van der Waals surface area (Å²) in [4.78, 5) is 33.5. The molecule has 1 aliphatic rings. The van der Waals surface area contributed by atoms with Crippen LogP contribution in [0.1, 0.15) is 16.7 Å². The second-order valence-corrected chi connectivity index (χ2v) is 10.1. The molecule has 9 heteroatoms. The van der Waals surface area contributed by atoms with Crippen LogP contribution in [0, 0.1) is 12.7 Å². The first kappa shape index (κ1) is 21.8. The van der Waals surface area contributed by atoms with E-state index in [4.69, 9.17) is 0 Å². The molecule has 1 aliphatic heterocycles. The summed E-state index contributed by atoms with van der Waals surface area (Å²) in [6.45, 7) is 2.04.